The molecule has 3 rings (SSSR count). The van der Waals surface area contributed by atoms with E-state index in [-0.39, 0.29) is 10.9 Å². The number of thiophene rings is 1. The molecule has 3 aromatic rings. The number of thioether (sulfide) groups is 1. The molecule has 0 spiro atoms. The second kappa shape index (κ2) is 11.4. The number of rotatable bonds is 11. The van der Waals surface area contributed by atoms with Gasteiger partial charge < -0.3 is 9.88 Å². The van der Waals surface area contributed by atoms with Crippen LogP contribution in [0, 0.1) is 17.0 Å². The summed E-state index contributed by atoms with van der Waals surface area (Å²) in [6.45, 7) is 8.55. The number of aromatic nitrogens is 3. The third-order valence-corrected chi connectivity index (χ3v) is 6.47. The Kier molecular flexibility index (Phi) is 8.33. The van der Waals surface area contributed by atoms with Crippen molar-refractivity contribution in [3.63, 3.8) is 0 Å². The van der Waals surface area contributed by atoms with Crippen LogP contribution in [0.1, 0.15) is 23.2 Å². The maximum Gasteiger partial charge on any atom is 0.324 e. The average Bonchev–Trinajstić information content (AvgIpc) is 3.41. The van der Waals surface area contributed by atoms with Gasteiger partial charge in [0.05, 0.1) is 27.8 Å². The number of nitro groups is 1. The summed E-state index contributed by atoms with van der Waals surface area (Å²) in [7, 11) is 0. The normalized spacial score (nSPS) is 11.9. The molecule has 172 valence electrons. The first-order valence-electron chi connectivity index (χ1n) is 9.94. The second-order valence-corrected chi connectivity index (χ2v) is 9.35. The highest BCUT2D eigenvalue weighted by atomic mass is 32.2. The molecule has 0 radical (unpaired) electrons. The molecule has 2 N–H and O–H groups in total. The minimum Gasteiger partial charge on any atom is -0.378 e. The van der Waals surface area contributed by atoms with Crippen LogP contribution in [0.3, 0.4) is 0 Å². The van der Waals surface area contributed by atoms with Crippen molar-refractivity contribution in [2.75, 3.05) is 5.32 Å². The molecule has 1 amide bonds. The molecule has 0 fully saturated rings. The van der Waals surface area contributed by atoms with Gasteiger partial charge in [0.15, 0.2) is 11.0 Å². The average molecular weight is 486 g/mol. The van der Waals surface area contributed by atoms with Crippen molar-refractivity contribution in [2.24, 2.45) is 5.10 Å². The number of nitrogens with zero attached hydrogens (tertiary/aromatic N) is 5. The number of allylic oxidation sites excluding steroid dienone is 1. The summed E-state index contributed by atoms with van der Waals surface area (Å²) in [5.41, 5.74) is 4.61. The summed E-state index contributed by atoms with van der Waals surface area (Å²) in [6.07, 6.45) is 3.13. The molecule has 0 aliphatic heterocycles. The van der Waals surface area contributed by atoms with Crippen LogP contribution in [0.15, 0.2) is 59.3 Å². The summed E-state index contributed by atoms with van der Waals surface area (Å²) < 4.78 is 1.90. The Morgan fingerprint density at radius 3 is 2.76 bits per heavy atom. The fraction of sp³-hybridized carbons (Fsp3) is 0.238. The Bertz CT molecular complexity index is 1160. The van der Waals surface area contributed by atoms with Gasteiger partial charge in [0.1, 0.15) is 0 Å². The topological polar surface area (TPSA) is 127 Å². The molecule has 0 saturated carbocycles. The molecule has 0 aliphatic carbocycles. The van der Waals surface area contributed by atoms with Gasteiger partial charge in [-0.15, -0.1) is 16.8 Å². The van der Waals surface area contributed by atoms with E-state index in [4.69, 9.17) is 0 Å². The Balaban J connectivity index is 1.59. The van der Waals surface area contributed by atoms with E-state index >= 15 is 0 Å². The Labute approximate surface area is 199 Å². The SMILES string of the molecule is C=CCn1c(CNc2ccc(C)cc2)nnc1S[C@H](C)C(=O)N/N=C\c1ccc([N+](=O)[O-])s1. The Morgan fingerprint density at radius 1 is 1.33 bits per heavy atom. The van der Waals surface area contributed by atoms with Gasteiger partial charge in [0.25, 0.3) is 5.91 Å². The molecule has 33 heavy (non-hydrogen) atoms. The molecule has 0 bridgehead atoms. The first kappa shape index (κ1) is 24.1. The molecule has 0 saturated heterocycles. The Hall–Kier alpha value is -3.51. The monoisotopic (exact) mass is 485 g/mol. The smallest absolute Gasteiger partial charge is 0.324 e. The number of aryl methyl sites for hydroxylation is 1. The van der Waals surface area contributed by atoms with Gasteiger partial charge in [0, 0.05) is 18.3 Å². The molecule has 1 atom stereocenters. The largest absolute Gasteiger partial charge is 0.378 e. The fourth-order valence-corrected chi connectivity index (χ4v) is 4.24. The van der Waals surface area contributed by atoms with E-state index in [0.717, 1.165) is 22.8 Å². The van der Waals surface area contributed by atoms with E-state index in [1.165, 1.54) is 29.6 Å². The van der Waals surface area contributed by atoms with Crippen LogP contribution in [0.4, 0.5) is 10.7 Å². The fourth-order valence-electron chi connectivity index (χ4n) is 2.67. The summed E-state index contributed by atoms with van der Waals surface area (Å²) in [4.78, 5) is 23.3. The summed E-state index contributed by atoms with van der Waals surface area (Å²) in [5, 5.41) is 26.6. The summed E-state index contributed by atoms with van der Waals surface area (Å²) >= 11 is 2.23. The highest BCUT2D eigenvalue weighted by molar-refractivity contribution is 8.00. The molecule has 0 unspecified atom stereocenters. The molecule has 2 heterocycles. The van der Waals surface area contributed by atoms with Gasteiger partial charge in [-0.3, -0.25) is 14.9 Å². The number of carbonyl (C=O) groups excluding carboxylic acids is 1. The number of anilines is 1. The number of amides is 1. The van der Waals surface area contributed by atoms with Crippen molar-refractivity contribution in [3.05, 3.63) is 75.4 Å². The van der Waals surface area contributed by atoms with Crippen molar-refractivity contribution in [3.8, 4) is 0 Å². The lowest BCUT2D eigenvalue weighted by Gasteiger charge is -2.12. The Morgan fingerprint density at radius 2 is 2.09 bits per heavy atom. The van der Waals surface area contributed by atoms with E-state index in [0.29, 0.717) is 23.1 Å². The minimum atomic E-state index is -0.495. The van der Waals surface area contributed by atoms with E-state index in [1.54, 1.807) is 19.1 Å². The number of carbonyl (C=O) groups is 1. The number of hydrogen-bond acceptors (Lipinski definition) is 9. The lowest BCUT2D eigenvalue weighted by Crippen LogP contribution is -2.27. The third kappa shape index (κ3) is 6.73. The molecule has 0 aliphatic rings. The van der Waals surface area contributed by atoms with Crippen LogP contribution >= 0.6 is 23.1 Å². The van der Waals surface area contributed by atoms with Crippen LogP contribution in [0.2, 0.25) is 0 Å². The van der Waals surface area contributed by atoms with Gasteiger partial charge in [-0.1, -0.05) is 46.9 Å². The van der Waals surface area contributed by atoms with Gasteiger partial charge in [0.2, 0.25) is 0 Å². The van der Waals surface area contributed by atoms with E-state index in [1.807, 2.05) is 35.8 Å². The van der Waals surface area contributed by atoms with Crippen molar-refractivity contribution in [2.45, 2.75) is 37.3 Å². The van der Waals surface area contributed by atoms with Gasteiger partial charge in [-0.2, -0.15) is 5.10 Å². The molecular formula is C21H23N7O3S2. The maximum atomic E-state index is 12.4. The zero-order chi connectivity index (χ0) is 23.8. The number of hydrazone groups is 1. The molecule has 1 aromatic carbocycles. The lowest BCUT2D eigenvalue weighted by atomic mass is 10.2. The number of hydrogen-bond donors (Lipinski definition) is 2. The highest BCUT2D eigenvalue weighted by Gasteiger charge is 2.19. The summed E-state index contributed by atoms with van der Waals surface area (Å²) in [6, 6.07) is 11.0. The van der Waals surface area contributed by atoms with Crippen LogP contribution in [-0.4, -0.2) is 37.1 Å². The van der Waals surface area contributed by atoms with Crippen molar-refractivity contribution >= 4 is 45.9 Å². The standard InChI is InChI=1S/C21H23N7O3S2/c1-4-11-27-18(13-22-16-7-5-14(2)6-8-16)24-26-21(27)32-15(3)20(29)25-23-12-17-9-10-19(33-17)28(30)31/h4-10,12,15,22H,1,11,13H2,2-3H3,(H,25,29)/b23-12-/t15-/m1/s1. The minimum absolute atomic E-state index is 0.0147. The van der Waals surface area contributed by atoms with Crippen LogP contribution < -0.4 is 10.7 Å². The first-order valence-corrected chi connectivity index (χ1v) is 11.6. The van der Waals surface area contributed by atoms with E-state index in [9.17, 15) is 14.9 Å². The molecule has 12 heteroatoms. The van der Waals surface area contributed by atoms with Gasteiger partial charge in [-0.05, 0) is 32.0 Å². The van der Waals surface area contributed by atoms with Crippen molar-refractivity contribution in [1.82, 2.24) is 20.2 Å². The zero-order valence-corrected chi connectivity index (χ0v) is 19.7. The van der Waals surface area contributed by atoms with Crippen molar-refractivity contribution in [1.29, 1.82) is 0 Å². The van der Waals surface area contributed by atoms with Crippen LogP contribution in [0.5, 0.6) is 0 Å². The van der Waals surface area contributed by atoms with Crippen LogP contribution in [-0.2, 0) is 17.9 Å². The van der Waals surface area contributed by atoms with Gasteiger partial charge >= 0.3 is 5.00 Å². The quantitative estimate of drug-likeness (QED) is 0.138. The second-order valence-electron chi connectivity index (χ2n) is 6.95. The predicted molar refractivity (Wildman–Crippen MR) is 131 cm³/mol. The van der Waals surface area contributed by atoms with Gasteiger partial charge in [-0.25, -0.2) is 5.43 Å². The van der Waals surface area contributed by atoms with Crippen LogP contribution in [0.25, 0.3) is 0 Å². The number of benzene rings is 1. The first-order chi connectivity index (χ1) is 15.9. The van der Waals surface area contributed by atoms with E-state index in [2.05, 4.69) is 32.6 Å². The van der Waals surface area contributed by atoms with E-state index < -0.39 is 10.2 Å². The third-order valence-electron chi connectivity index (χ3n) is 4.42. The lowest BCUT2D eigenvalue weighted by molar-refractivity contribution is -0.380. The predicted octanol–water partition coefficient (Wildman–Crippen LogP) is 3.99. The summed E-state index contributed by atoms with van der Waals surface area (Å²) in [5.74, 6) is 0.401. The zero-order valence-electron chi connectivity index (χ0n) is 18.1. The number of nitrogens with one attached hydrogen (secondary N) is 2. The van der Waals surface area contributed by atoms with Crippen molar-refractivity contribution < 1.29 is 9.72 Å². The highest BCUT2D eigenvalue weighted by Crippen LogP contribution is 2.24. The molecule has 2 aromatic heterocycles. The molecule has 10 nitrogen and oxygen atoms in total. The molecular weight excluding hydrogens is 462 g/mol. The maximum absolute atomic E-state index is 12.4.